The quantitative estimate of drug-likeness (QED) is 0.763. The summed E-state index contributed by atoms with van der Waals surface area (Å²) < 4.78 is 1.18. The van der Waals surface area contributed by atoms with Crippen molar-refractivity contribution in [3.63, 3.8) is 0 Å². The van der Waals surface area contributed by atoms with Crippen molar-refractivity contribution < 1.29 is 9.90 Å². The van der Waals surface area contributed by atoms with Crippen LogP contribution >= 0.6 is 11.3 Å². The molecular weight excluding hydrogens is 196 g/mol. The molecule has 0 fully saturated rings. The second kappa shape index (κ2) is 3.64. The monoisotopic (exact) mass is 204 g/mol. The Labute approximate surface area is 85.1 Å². The SMILES string of the molecule is O=C(O)C=Cc1cccc2sccc12. The molecule has 2 aromatic rings. The highest BCUT2D eigenvalue weighted by Gasteiger charge is 1.98. The third-order valence-electron chi connectivity index (χ3n) is 1.94. The molecule has 1 aromatic heterocycles. The summed E-state index contributed by atoms with van der Waals surface area (Å²) in [5, 5.41) is 11.6. The lowest BCUT2D eigenvalue weighted by Crippen LogP contribution is -1.85. The Bertz CT molecular complexity index is 497. The van der Waals surface area contributed by atoms with E-state index < -0.39 is 5.97 Å². The number of aliphatic carboxylic acids is 1. The van der Waals surface area contributed by atoms with E-state index in [1.165, 1.54) is 4.70 Å². The molecule has 0 saturated carbocycles. The van der Waals surface area contributed by atoms with Gasteiger partial charge in [-0.1, -0.05) is 12.1 Å². The van der Waals surface area contributed by atoms with E-state index in [4.69, 9.17) is 5.11 Å². The summed E-state index contributed by atoms with van der Waals surface area (Å²) in [6, 6.07) is 7.87. The average Bonchev–Trinajstić information content (AvgIpc) is 2.62. The fourth-order valence-electron chi connectivity index (χ4n) is 1.32. The molecule has 0 radical (unpaired) electrons. The number of fused-ring (bicyclic) bond motifs is 1. The third kappa shape index (κ3) is 1.67. The minimum Gasteiger partial charge on any atom is -0.478 e. The predicted octanol–water partition coefficient (Wildman–Crippen LogP) is 3.00. The molecule has 0 aliphatic heterocycles. The first-order valence-electron chi connectivity index (χ1n) is 4.14. The molecule has 0 bridgehead atoms. The summed E-state index contributed by atoms with van der Waals surface area (Å²) >= 11 is 1.65. The zero-order valence-electron chi connectivity index (χ0n) is 7.31. The van der Waals surface area contributed by atoms with Crippen LogP contribution in [0.25, 0.3) is 16.2 Å². The van der Waals surface area contributed by atoms with Crippen molar-refractivity contribution in [1.29, 1.82) is 0 Å². The van der Waals surface area contributed by atoms with Gasteiger partial charge in [0.15, 0.2) is 0 Å². The summed E-state index contributed by atoms with van der Waals surface area (Å²) in [7, 11) is 0. The van der Waals surface area contributed by atoms with Gasteiger partial charge >= 0.3 is 5.97 Å². The van der Waals surface area contributed by atoms with Crippen LogP contribution in [0, 0.1) is 0 Å². The van der Waals surface area contributed by atoms with E-state index in [0.717, 1.165) is 17.0 Å². The van der Waals surface area contributed by atoms with E-state index >= 15 is 0 Å². The highest BCUT2D eigenvalue weighted by atomic mass is 32.1. The fraction of sp³-hybridized carbons (Fsp3) is 0. The standard InChI is InChI=1S/C11H8O2S/c12-11(13)5-4-8-2-1-3-10-9(8)6-7-14-10/h1-7H,(H,12,13). The molecule has 0 atom stereocenters. The van der Waals surface area contributed by atoms with Gasteiger partial charge in [0, 0.05) is 10.8 Å². The molecule has 70 valence electrons. The molecule has 2 rings (SSSR count). The summed E-state index contributed by atoms with van der Waals surface area (Å²) in [5.41, 5.74) is 0.950. The molecule has 0 aliphatic carbocycles. The fourth-order valence-corrected chi connectivity index (χ4v) is 2.14. The zero-order valence-corrected chi connectivity index (χ0v) is 8.12. The summed E-state index contributed by atoms with van der Waals surface area (Å²) in [6.07, 6.45) is 2.78. The highest BCUT2D eigenvalue weighted by Crippen LogP contribution is 2.24. The molecule has 0 unspecified atom stereocenters. The molecule has 1 aromatic carbocycles. The third-order valence-corrected chi connectivity index (χ3v) is 2.82. The molecule has 0 spiro atoms. The number of carboxylic acid groups (broad SMARTS) is 1. The molecule has 14 heavy (non-hydrogen) atoms. The van der Waals surface area contributed by atoms with E-state index in [2.05, 4.69) is 0 Å². The second-order valence-corrected chi connectivity index (χ2v) is 3.80. The minimum atomic E-state index is -0.919. The first-order valence-corrected chi connectivity index (χ1v) is 5.02. The van der Waals surface area contributed by atoms with Crippen molar-refractivity contribution in [2.45, 2.75) is 0 Å². The Balaban J connectivity index is 2.51. The first kappa shape index (κ1) is 8.97. The van der Waals surface area contributed by atoms with Crippen LogP contribution in [-0.4, -0.2) is 11.1 Å². The Morgan fingerprint density at radius 2 is 2.21 bits per heavy atom. The lowest BCUT2D eigenvalue weighted by Gasteiger charge is -1.94. The lowest BCUT2D eigenvalue weighted by molar-refractivity contribution is -0.131. The summed E-state index contributed by atoms with van der Waals surface area (Å²) in [6.45, 7) is 0. The van der Waals surface area contributed by atoms with Gasteiger partial charge < -0.3 is 5.11 Å². The van der Waals surface area contributed by atoms with E-state index in [0.29, 0.717) is 0 Å². The van der Waals surface area contributed by atoms with Crippen molar-refractivity contribution in [3.05, 3.63) is 41.3 Å². The predicted molar refractivity (Wildman–Crippen MR) is 58.5 cm³/mol. The largest absolute Gasteiger partial charge is 0.478 e. The Kier molecular flexibility index (Phi) is 2.33. The van der Waals surface area contributed by atoms with Gasteiger partial charge in [-0.25, -0.2) is 4.79 Å². The Morgan fingerprint density at radius 1 is 1.36 bits per heavy atom. The van der Waals surface area contributed by atoms with E-state index in [1.807, 2.05) is 29.6 Å². The first-order chi connectivity index (χ1) is 6.77. The molecule has 0 amide bonds. The van der Waals surface area contributed by atoms with Crippen molar-refractivity contribution in [2.75, 3.05) is 0 Å². The topological polar surface area (TPSA) is 37.3 Å². The van der Waals surface area contributed by atoms with Crippen LogP contribution < -0.4 is 0 Å². The summed E-state index contributed by atoms with van der Waals surface area (Å²) in [4.78, 5) is 10.4. The Morgan fingerprint density at radius 3 is 3.00 bits per heavy atom. The van der Waals surface area contributed by atoms with Gasteiger partial charge in [0.1, 0.15) is 0 Å². The lowest BCUT2D eigenvalue weighted by atomic mass is 10.1. The van der Waals surface area contributed by atoms with E-state index in [1.54, 1.807) is 17.4 Å². The molecular formula is C11H8O2S. The number of benzene rings is 1. The molecule has 3 heteroatoms. The van der Waals surface area contributed by atoms with Crippen LogP contribution in [0.3, 0.4) is 0 Å². The number of hydrogen-bond donors (Lipinski definition) is 1. The van der Waals surface area contributed by atoms with Crippen LogP contribution in [-0.2, 0) is 4.79 Å². The normalized spacial score (nSPS) is 11.1. The van der Waals surface area contributed by atoms with Gasteiger partial charge in [-0.05, 0) is 34.5 Å². The van der Waals surface area contributed by atoms with Crippen LogP contribution in [0.4, 0.5) is 0 Å². The van der Waals surface area contributed by atoms with Crippen LogP contribution in [0.1, 0.15) is 5.56 Å². The summed E-state index contributed by atoms with van der Waals surface area (Å²) in [5.74, 6) is -0.919. The molecule has 0 aliphatic rings. The van der Waals surface area contributed by atoms with Crippen LogP contribution in [0.15, 0.2) is 35.7 Å². The number of rotatable bonds is 2. The van der Waals surface area contributed by atoms with Gasteiger partial charge in [0.2, 0.25) is 0 Å². The number of thiophene rings is 1. The van der Waals surface area contributed by atoms with Gasteiger partial charge in [-0.15, -0.1) is 11.3 Å². The van der Waals surface area contributed by atoms with Crippen LogP contribution in [0.5, 0.6) is 0 Å². The molecule has 2 nitrogen and oxygen atoms in total. The highest BCUT2D eigenvalue weighted by molar-refractivity contribution is 7.17. The Hall–Kier alpha value is -1.61. The van der Waals surface area contributed by atoms with E-state index in [9.17, 15) is 4.79 Å². The van der Waals surface area contributed by atoms with Crippen molar-refractivity contribution in [2.24, 2.45) is 0 Å². The average molecular weight is 204 g/mol. The van der Waals surface area contributed by atoms with Crippen molar-refractivity contribution >= 4 is 33.5 Å². The van der Waals surface area contributed by atoms with E-state index in [-0.39, 0.29) is 0 Å². The number of carbonyl (C=O) groups is 1. The van der Waals surface area contributed by atoms with Gasteiger partial charge in [-0.2, -0.15) is 0 Å². The molecule has 1 N–H and O–H groups in total. The molecule has 1 heterocycles. The van der Waals surface area contributed by atoms with Gasteiger partial charge in [-0.3, -0.25) is 0 Å². The number of carboxylic acids is 1. The maximum atomic E-state index is 10.4. The minimum absolute atomic E-state index is 0.919. The number of hydrogen-bond acceptors (Lipinski definition) is 2. The molecule has 0 saturated heterocycles. The maximum Gasteiger partial charge on any atom is 0.328 e. The smallest absolute Gasteiger partial charge is 0.328 e. The van der Waals surface area contributed by atoms with Gasteiger partial charge in [0.25, 0.3) is 0 Å². The maximum absolute atomic E-state index is 10.4. The van der Waals surface area contributed by atoms with Crippen molar-refractivity contribution in [1.82, 2.24) is 0 Å². The van der Waals surface area contributed by atoms with Gasteiger partial charge in [0.05, 0.1) is 0 Å². The van der Waals surface area contributed by atoms with Crippen LogP contribution in [0.2, 0.25) is 0 Å². The second-order valence-electron chi connectivity index (χ2n) is 2.85. The zero-order chi connectivity index (χ0) is 9.97. The van der Waals surface area contributed by atoms with Crippen molar-refractivity contribution in [3.8, 4) is 0 Å².